The maximum atomic E-state index is 10.9. The highest BCUT2D eigenvalue weighted by Crippen LogP contribution is 2.18. The van der Waals surface area contributed by atoms with Crippen LogP contribution in [0.4, 0.5) is 4.79 Å². The molecule has 0 aliphatic heterocycles. The Bertz CT molecular complexity index is 177. The topological polar surface area (TPSA) is 41.1 Å². The first-order valence-electron chi connectivity index (χ1n) is 3.56. The lowest BCUT2D eigenvalue weighted by molar-refractivity contribution is 0.241. The van der Waals surface area contributed by atoms with Gasteiger partial charge in [-0.15, -0.1) is 0 Å². The number of amides is 2. The summed E-state index contributed by atoms with van der Waals surface area (Å²) in [5, 5.41) is 5.45. The van der Waals surface area contributed by atoms with Gasteiger partial charge in [0.15, 0.2) is 0 Å². The molecule has 0 aromatic heterocycles. The molecule has 1 rings (SSSR count). The molecule has 0 aromatic rings. The summed E-state index contributed by atoms with van der Waals surface area (Å²) in [7, 11) is 0. The first-order chi connectivity index (χ1) is 5.18. The largest absolute Gasteiger partial charge is 0.335 e. The number of urea groups is 1. The predicted octanol–water partition coefficient (Wildman–Crippen LogP) is 1.36. The average molecular weight is 219 g/mol. The summed E-state index contributed by atoms with van der Waals surface area (Å²) in [5.41, 5.74) is 0. The number of halogens is 1. The van der Waals surface area contributed by atoms with Gasteiger partial charge in [0, 0.05) is 10.5 Å². The normalized spacial score (nSPS) is 15.7. The van der Waals surface area contributed by atoms with E-state index >= 15 is 0 Å². The van der Waals surface area contributed by atoms with Crippen LogP contribution in [0.1, 0.15) is 12.8 Å². The summed E-state index contributed by atoms with van der Waals surface area (Å²) >= 11 is 3.15. The van der Waals surface area contributed by atoms with E-state index in [1.165, 1.54) is 0 Å². The molecule has 0 unspecified atom stereocenters. The van der Waals surface area contributed by atoms with Crippen LogP contribution in [-0.4, -0.2) is 18.6 Å². The van der Waals surface area contributed by atoms with E-state index < -0.39 is 0 Å². The van der Waals surface area contributed by atoms with Gasteiger partial charge in [-0.3, -0.25) is 0 Å². The monoisotopic (exact) mass is 218 g/mol. The zero-order valence-electron chi connectivity index (χ0n) is 6.19. The van der Waals surface area contributed by atoms with Gasteiger partial charge in [0.2, 0.25) is 0 Å². The van der Waals surface area contributed by atoms with Gasteiger partial charge in [-0.25, -0.2) is 4.79 Å². The predicted molar refractivity (Wildman–Crippen MR) is 47.6 cm³/mol. The Balaban J connectivity index is 2.04. The maximum absolute atomic E-state index is 10.9. The molecule has 0 spiro atoms. The van der Waals surface area contributed by atoms with Crippen molar-refractivity contribution in [2.75, 3.05) is 6.54 Å². The van der Waals surface area contributed by atoms with Crippen LogP contribution in [0.3, 0.4) is 0 Å². The molecule has 4 heteroatoms. The van der Waals surface area contributed by atoms with Crippen LogP contribution >= 0.6 is 15.9 Å². The first kappa shape index (κ1) is 8.59. The highest BCUT2D eigenvalue weighted by atomic mass is 79.9. The van der Waals surface area contributed by atoms with E-state index in [1.54, 1.807) is 0 Å². The number of hydrogen-bond acceptors (Lipinski definition) is 1. The van der Waals surface area contributed by atoms with E-state index in [9.17, 15) is 4.79 Å². The molecule has 0 heterocycles. The zero-order valence-corrected chi connectivity index (χ0v) is 7.78. The van der Waals surface area contributed by atoms with Crippen molar-refractivity contribution in [2.45, 2.75) is 18.9 Å². The van der Waals surface area contributed by atoms with Crippen molar-refractivity contribution in [1.29, 1.82) is 0 Å². The van der Waals surface area contributed by atoms with Crippen LogP contribution < -0.4 is 10.6 Å². The van der Waals surface area contributed by atoms with E-state index in [0.717, 1.165) is 17.3 Å². The molecule has 0 aromatic carbocycles. The molecule has 1 fully saturated rings. The van der Waals surface area contributed by atoms with E-state index in [0.29, 0.717) is 12.6 Å². The van der Waals surface area contributed by atoms with Gasteiger partial charge in [-0.2, -0.15) is 0 Å². The fourth-order valence-electron chi connectivity index (χ4n) is 0.640. The molecule has 0 saturated heterocycles. The van der Waals surface area contributed by atoms with Crippen LogP contribution in [0.2, 0.25) is 0 Å². The molecule has 1 aliphatic rings. The van der Waals surface area contributed by atoms with Crippen molar-refractivity contribution in [3.8, 4) is 0 Å². The minimum Gasteiger partial charge on any atom is -0.335 e. The van der Waals surface area contributed by atoms with Crippen LogP contribution in [0.25, 0.3) is 0 Å². The van der Waals surface area contributed by atoms with Gasteiger partial charge in [-0.1, -0.05) is 22.5 Å². The Labute approximate surface area is 74.4 Å². The quantitative estimate of drug-likeness (QED) is 0.739. The number of carbonyl (C=O) groups excluding carboxylic acids is 1. The first-order valence-corrected chi connectivity index (χ1v) is 4.35. The lowest BCUT2D eigenvalue weighted by Gasteiger charge is -2.04. The third kappa shape index (κ3) is 4.03. The smallest absolute Gasteiger partial charge is 0.315 e. The summed E-state index contributed by atoms with van der Waals surface area (Å²) in [5.74, 6) is 0. The second-order valence-electron chi connectivity index (χ2n) is 2.62. The molecule has 0 atom stereocenters. The standard InChI is InChI=1S/C7H11BrN2O/c1-5(8)4-9-7(11)10-6-2-3-6/h6H,1-4H2,(H2,9,10,11). The Morgan fingerprint density at radius 1 is 1.64 bits per heavy atom. The second-order valence-corrected chi connectivity index (χ2v) is 3.74. The molecular formula is C7H11BrN2O. The summed E-state index contributed by atoms with van der Waals surface area (Å²) in [4.78, 5) is 10.9. The summed E-state index contributed by atoms with van der Waals surface area (Å²) in [6, 6.07) is 0.312. The Morgan fingerprint density at radius 3 is 2.73 bits per heavy atom. The lowest BCUT2D eigenvalue weighted by atomic mass is 10.6. The number of nitrogens with one attached hydrogen (secondary N) is 2. The van der Waals surface area contributed by atoms with Crippen molar-refractivity contribution in [3.05, 3.63) is 11.1 Å². The van der Waals surface area contributed by atoms with Crippen LogP contribution in [0.15, 0.2) is 11.1 Å². The van der Waals surface area contributed by atoms with Crippen LogP contribution in [0.5, 0.6) is 0 Å². The average Bonchev–Trinajstić information content (AvgIpc) is 2.67. The highest BCUT2D eigenvalue weighted by Gasteiger charge is 2.22. The highest BCUT2D eigenvalue weighted by molar-refractivity contribution is 9.11. The number of hydrogen-bond donors (Lipinski definition) is 2. The fraction of sp³-hybridized carbons (Fsp3) is 0.571. The molecule has 1 aliphatic carbocycles. The van der Waals surface area contributed by atoms with Crippen molar-refractivity contribution in [3.63, 3.8) is 0 Å². The minimum atomic E-state index is -0.104. The lowest BCUT2D eigenvalue weighted by Crippen LogP contribution is -2.37. The van der Waals surface area contributed by atoms with Gasteiger partial charge in [0.1, 0.15) is 0 Å². The molecule has 62 valence electrons. The van der Waals surface area contributed by atoms with Crippen molar-refractivity contribution < 1.29 is 4.79 Å². The summed E-state index contributed by atoms with van der Waals surface area (Å²) in [6.45, 7) is 4.08. The maximum Gasteiger partial charge on any atom is 0.315 e. The van der Waals surface area contributed by atoms with Gasteiger partial charge in [0.25, 0.3) is 0 Å². The molecule has 2 N–H and O–H groups in total. The fourth-order valence-corrected chi connectivity index (χ4v) is 0.780. The number of carbonyl (C=O) groups is 1. The van der Waals surface area contributed by atoms with E-state index in [2.05, 4.69) is 33.1 Å². The minimum absolute atomic E-state index is 0.104. The van der Waals surface area contributed by atoms with Crippen molar-refractivity contribution >= 4 is 22.0 Å². The van der Waals surface area contributed by atoms with E-state index in [4.69, 9.17) is 0 Å². The molecule has 0 radical (unpaired) electrons. The van der Waals surface area contributed by atoms with Crippen molar-refractivity contribution in [2.24, 2.45) is 0 Å². The van der Waals surface area contributed by atoms with Gasteiger partial charge in [-0.05, 0) is 12.8 Å². The Kier molecular flexibility index (Phi) is 2.93. The third-order valence-corrected chi connectivity index (χ3v) is 1.63. The zero-order chi connectivity index (χ0) is 8.27. The van der Waals surface area contributed by atoms with Crippen LogP contribution in [0, 0.1) is 0 Å². The third-order valence-electron chi connectivity index (χ3n) is 1.35. The molecule has 3 nitrogen and oxygen atoms in total. The molecule has 1 saturated carbocycles. The summed E-state index contributed by atoms with van der Waals surface area (Å²) < 4.78 is 0.781. The molecule has 0 bridgehead atoms. The summed E-state index contributed by atoms with van der Waals surface area (Å²) in [6.07, 6.45) is 2.23. The van der Waals surface area contributed by atoms with E-state index in [-0.39, 0.29) is 6.03 Å². The molecule has 2 amide bonds. The Hall–Kier alpha value is -0.510. The van der Waals surface area contributed by atoms with Crippen LogP contribution in [-0.2, 0) is 0 Å². The van der Waals surface area contributed by atoms with E-state index in [1.807, 2.05) is 0 Å². The molecular weight excluding hydrogens is 208 g/mol. The number of rotatable bonds is 3. The molecule has 11 heavy (non-hydrogen) atoms. The SMILES string of the molecule is C=C(Br)CNC(=O)NC1CC1. The second kappa shape index (κ2) is 3.76. The van der Waals surface area contributed by atoms with Crippen molar-refractivity contribution in [1.82, 2.24) is 10.6 Å². The van der Waals surface area contributed by atoms with Gasteiger partial charge in [0.05, 0.1) is 6.54 Å². The van der Waals surface area contributed by atoms with Gasteiger partial charge >= 0.3 is 6.03 Å². The van der Waals surface area contributed by atoms with Gasteiger partial charge < -0.3 is 10.6 Å². The Morgan fingerprint density at radius 2 is 2.27 bits per heavy atom.